The van der Waals surface area contributed by atoms with Gasteiger partial charge >= 0.3 is 5.97 Å². The van der Waals surface area contributed by atoms with E-state index in [9.17, 15) is 19.5 Å². The fraction of sp³-hybridized carbons (Fsp3) is 0.391. The molecule has 0 spiro atoms. The summed E-state index contributed by atoms with van der Waals surface area (Å²) in [6.07, 6.45) is 6.30. The van der Waals surface area contributed by atoms with Crippen LogP contribution in [0.25, 0.3) is 0 Å². The highest BCUT2D eigenvalue weighted by Gasteiger charge is 2.55. The predicted molar refractivity (Wildman–Crippen MR) is 133 cm³/mol. The van der Waals surface area contributed by atoms with Crippen molar-refractivity contribution in [3.8, 4) is 0 Å². The maximum Gasteiger partial charge on any atom is 0.352 e. The van der Waals surface area contributed by atoms with E-state index in [1.165, 1.54) is 52.6 Å². The predicted octanol–water partition coefficient (Wildman–Crippen LogP) is 0.656. The van der Waals surface area contributed by atoms with Gasteiger partial charge in [-0.3, -0.25) is 14.5 Å². The molecule has 36 heavy (non-hydrogen) atoms. The van der Waals surface area contributed by atoms with Crippen molar-refractivity contribution < 1.29 is 28.9 Å². The molecular formula is C23H25N6O5S2+. The van der Waals surface area contributed by atoms with E-state index in [-0.39, 0.29) is 5.70 Å². The fourth-order valence-electron chi connectivity index (χ4n) is 4.86. The maximum absolute atomic E-state index is 13.1. The number of hydrogen-bond donors (Lipinski definition) is 3. The van der Waals surface area contributed by atoms with Gasteiger partial charge in [-0.2, -0.15) is 4.57 Å². The van der Waals surface area contributed by atoms with Gasteiger partial charge in [0, 0.05) is 34.8 Å². The zero-order chi connectivity index (χ0) is 25.4. The van der Waals surface area contributed by atoms with Gasteiger partial charge in [0.05, 0.1) is 11.9 Å². The van der Waals surface area contributed by atoms with Crippen molar-refractivity contribution in [2.24, 2.45) is 5.16 Å². The molecule has 4 N–H and O–H groups in total. The maximum atomic E-state index is 13.1. The van der Waals surface area contributed by atoms with Crippen molar-refractivity contribution in [2.45, 2.75) is 43.1 Å². The molecule has 11 nitrogen and oxygen atoms in total. The number of aromatic nitrogens is 2. The van der Waals surface area contributed by atoms with Crippen LogP contribution in [0.4, 0.5) is 5.13 Å². The Bertz CT molecular complexity index is 1290. The minimum Gasteiger partial charge on any atom is -0.477 e. The van der Waals surface area contributed by atoms with Crippen molar-refractivity contribution in [3.05, 3.63) is 51.9 Å². The number of pyridine rings is 1. The van der Waals surface area contributed by atoms with Crippen LogP contribution in [-0.4, -0.2) is 63.3 Å². The molecule has 3 atom stereocenters. The number of amides is 2. The molecule has 1 aliphatic carbocycles. The van der Waals surface area contributed by atoms with Crippen molar-refractivity contribution >= 4 is 52.2 Å². The molecule has 188 valence electrons. The number of aryl methyl sites for hydroxylation is 1. The third-order valence-electron chi connectivity index (χ3n) is 6.51. The Morgan fingerprint density at radius 1 is 1.47 bits per heavy atom. The lowest BCUT2D eigenvalue weighted by molar-refractivity contribution is -0.696. The summed E-state index contributed by atoms with van der Waals surface area (Å²) < 4.78 is 2.09. The quantitative estimate of drug-likeness (QED) is 0.195. The molecule has 0 saturated carbocycles. The molecule has 0 unspecified atom stereocenters. The number of carboxylic acid groups (broad SMARTS) is 1. The number of β-lactam (4-membered cyclic amide) rings is 1. The highest BCUT2D eigenvalue weighted by molar-refractivity contribution is 8.00. The van der Waals surface area contributed by atoms with E-state index in [2.05, 4.69) is 26.1 Å². The Labute approximate surface area is 215 Å². The first kappa shape index (κ1) is 24.3. The number of nitrogens with two attached hydrogens (primary N) is 1. The van der Waals surface area contributed by atoms with Crippen molar-refractivity contribution in [2.75, 3.05) is 18.6 Å². The smallest absolute Gasteiger partial charge is 0.352 e. The van der Waals surface area contributed by atoms with Crippen LogP contribution in [-0.2, 0) is 38.6 Å². The van der Waals surface area contributed by atoms with Crippen LogP contribution >= 0.6 is 23.1 Å². The molecule has 1 fully saturated rings. The number of aliphatic carboxylic acids is 1. The van der Waals surface area contributed by atoms with E-state index in [1.54, 1.807) is 5.38 Å². The number of oxime groups is 1. The van der Waals surface area contributed by atoms with Crippen LogP contribution in [0.15, 0.2) is 40.1 Å². The van der Waals surface area contributed by atoms with Crippen molar-refractivity contribution in [3.63, 3.8) is 0 Å². The van der Waals surface area contributed by atoms with Crippen LogP contribution in [0.5, 0.6) is 0 Å². The second kappa shape index (κ2) is 9.90. The zero-order valence-corrected chi connectivity index (χ0v) is 21.1. The van der Waals surface area contributed by atoms with Crippen LogP contribution in [0.2, 0.25) is 0 Å². The second-order valence-corrected chi connectivity index (χ2v) is 10.6. The normalized spacial score (nSPS) is 21.7. The number of nitrogens with one attached hydrogen (secondary N) is 1. The summed E-state index contributed by atoms with van der Waals surface area (Å²) in [6.45, 7) is 0.409. The third kappa shape index (κ3) is 4.32. The Morgan fingerprint density at radius 2 is 2.31 bits per heavy atom. The minimum absolute atomic E-state index is 0.00196. The summed E-state index contributed by atoms with van der Waals surface area (Å²) in [5, 5.41) is 17.9. The average molecular weight is 530 g/mol. The molecular weight excluding hydrogens is 504 g/mol. The summed E-state index contributed by atoms with van der Waals surface area (Å²) in [6, 6.07) is 3.22. The van der Waals surface area contributed by atoms with Gasteiger partial charge in [0.2, 0.25) is 5.91 Å². The molecule has 13 heteroatoms. The first-order chi connectivity index (χ1) is 17.4. The van der Waals surface area contributed by atoms with Gasteiger partial charge in [-0.15, -0.1) is 23.1 Å². The summed E-state index contributed by atoms with van der Waals surface area (Å²) in [7, 11) is 1.35. The lowest BCUT2D eigenvalue weighted by Crippen LogP contribution is -2.71. The molecule has 3 aliphatic rings. The average Bonchev–Trinajstić information content (AvgIpc) is 3.52. The number of anilines is 1. The first-order valence-corrected chi connectivity index (χ1v) is 13.3. The molecule has 0 radical (unpaired) electrons. The Kier molecular flexibility index (Phi) is 6.67. The molecule has 2 aromatic rings. The standard InChI is InChI=1S/C23H24N6O5S2/c1-34-25-8-14(15-11-36-23(24)26-15)19(30)27-17-20(31)29-18(22(32)33)13(10-35-21(17)29)9-28-7-3-5-12-4-2-6-16(12)28/h3,5,7-8,11,14,17,21H,2,4,6,9-10H2,1H3,(H3-,24,26,27,30,32,33)/p+1/b25-8+/t14-,17-,21-/m1/s1. The largest absolute Gasteiger partial charge is 0.477 e. The number of fused-ring (bicyclic) bond motifs is 2. The van der Waals surface area contributed by atoms with Gasteiger partial charge in [-0.05, 0) is 18.9 Å². The molecule has 0 bridgehead atoms. The molecule has 4 heterocycles. The monoisotopic (exact) mass is 529 g/mol. The Balaban J connectivity index is 1.35. The SMILES string of the molecule is CO/N=C/[C@@H](C(=O)N[C@@H]1C(=O)N2C(C(=O)O)=C(C[n+]3cccc4c3CCC4)CS[C@H]12)c1csc(N)n1. The van der Waals surface area contributed by atoms with E-state index < -0.39 is 35.1 Å². The van der Waals surface area contributed by atoms with Gasteiger partial charge in [-0.1, -0.05) is 5.16 Å². The number of carboxylic acids is 1. The molecule has 2 aliphatic heterocycles. The number of thioether (sulfide) groups is 1. The Morgan fingerprint density at radius 3 is 3.03 bits per heavy atom. The number of nitrogen functional groups attached to an aromatic ring is 1. The topological polar surface area (TPSA) is 151 Å². The summed E-state index contributed by atoms with van der Waals surface area (Å²) in [5.74, 6) is -2.57. The lowest BCUT2D eigenvalue weighted by Gasteiger charge is -2.49. The zero-order valence-electron chi connectivity index (χ0n) is 19.4. The molecule has 2 amide bonds. The lowest BCUT2D eigenvalue weighted by atomic mass is 10.0. The summed E-state index contributed by atoms with van der Waals surface area (Å²) in [4.78, 5) is 48.6. The highest BCUT2D eigenvalue weighted by atomic mass is 32.2. The van der Waals surface area contributed by atoms with Gasteiger partial charge in [0.15, 0.2) is 23.6 Å². The van der Waals surface area contributed by atoms with Gasteiger partial charge < -0.3 is 21.0 Å². The molecule has 2 aromatic heterocycles. The van der Waals surface area contributed by atoms with Crippen LogP contribution in [0.1, 0.15) is 29.3 Å². The highest BCUT2D eigenvalue weighted by Crippen LogP contribution is 2.40. The van der Waals surface area contributed by atoms with E-state index in [0.717, 1.165) is 19.3 Å². The van der Waals surface area contributed by atoms with Gasteiger partial charge in [0.25, 0.3) is 5.91 Å². The summed E-state index contributed by atoms with van der Waals surface area (Å²) >= 11 is 2.63. The van der Waals surface area contributed by atoms with E-state index in [0.29, 0.717) is 28.7 Å². The number of carbonyl (C=O) groups excluding carboxylic acids is 2. The van der Waals surface area contributed by atoms with Gasteiger partial charge in [0.1, 0.15) is 30.1 Å². The third-order valence-corrected chi connectivity index (χ3v) is 8.54. The number of thiazole rings is 1. The second-order valence-electron chi connectivity index (χ2n) is 8.64. The van der Waals surface area contributed by atoms with E-state index >= 15 is 0 Å². The van der Waals surface area contributed by atoms with Gasteiger partial charge in [-0.25, -0.2) is 9.78 Å². The Hall–Kier alpha value is -3.45. The number of hydrogen-bond acceptors (Lipinski definition) is 9. The van der Waals surface area contributed by atoms with E-state index in [1.807, 2.05) is 12.3 Å². The van der Waals surface area contributed by atoms with Crippen molar-refractivity contribution in [1.29, 1.82) is 0 Å². The van der Waals surface area contributed by atoms with Crippen LogP contribution in [0, 0.1) is 0 Å². The molecule has 5 rings (SSSR count). The number of nitrogens with zero attached hydrogens (tertiary/aromatic N) is 4. The number of carbonyl (C=O) groups is 3. The minimum atomic E-state index is -1.15. The fourth-order valence-corrected chi connectivity index (χ4v) is 6.79. The van der Waals surface area contributed by atoms with E-state index in [4.69, 9.17) is 10.6 Å². The first-order valence-electron chi connectivity index (χ1n) is 11.4. The van der Waals surface area contributed by atoms with Crippen LogP contribution < -0.4 is 15.6 Å². The molecule has 0 aromatic carbocycles. The summed E-state index contributed by atoms with van der Waals surface area (Å²) in [5.41, 5.74) is 9.27. The van der Waals surface area contributed by atoms with Crippen molar-refractivity contribution in [1.82, 2.24) is 15.2 Å². The number of rotatable bonds is 8. The molecule has 1 saturated heterocycles. The van der Waals surface area contributed by atoms with Crippen LogP contribution in [0.3, 0.4) is 0 Å².